The SMILES string of the molecule is CCSCC1C=Cc2ccccc2N(S(=O)(=O)c2ccc(C)cc2)C1SCC. The summed E-state index contributed by atoms with van der Waals surface area (Å²) in [6.45, 7) is 6.20. The van der Waals surface area contributed by atoms with E-state index in [0.717, 1.165) is 34.1 Å². The highest BCUT2D eigenvalue weighted by atomic mass is 32.2. The molecule has 6 heteroatoms. The Bertz CT molecular complexity index is 923. The number of anilines is 1. The van der Waals surface area contributed by atoms with Gasteiger partial charge in [-0.15, -0.1) is 11.8 Å². The highest BCUT2D eigenvalue weighted by Gasteiger charge is 2.38. The lowest BCUT2D eigenvalue weighted by molar-refractivity contribution is 0.580. The molecule has 0 aliphatic carbocycles. The van der Waals surface area contributed by atoms with Gasteiger partial charge in [0.25, 0.3) is 10.0 Å². The van der Waals surface area contributed by atoms with Gasteiger partial charge in [0.05, 0.1) is 16.0 Å². The monoisotopic (exact) mass is 433 g/mol. The van der Waals surface area contributed by atoms with E-state index in [4.69, 9.17) is 0 Å². The first-order valence-corrected chi connectivity index (χ1v) is 13.2. The summed E-state index contributed by atoms with van der Waals surface area (Å²) in [6, 6.07) is 14.9. The zero-order valence-corrected chi connectivity index (χ0v) is 19.0. The molecule has 0 radical (unpaired) electrons. The number of rotatable bonds is 7. The molecule has 0 fully saturated rings. The number of hydrogen-bond donors (Lipinski definition) is 0. The molecule has 0 N–H and O–H groups in total. The molecule has 0 aromatic heterocycles. The van der Waals surface area contributed by atoms with Gasteiger partial charge in [-0.3, -0.25) is 4.31 Å². The summed E-state index contributed by atoms with van der Waals surface area (Å²) in [5.41, 5.74) is 2.76. The van der Waals surface area contributed by atoms with Gasteiger partial charge in [0, 0.05) is 11.7 Å². The average molecular weight is 434 g/mol. The van der Waals surface area contributed by atoms with E-state index in [1.54, 1.807) is 28.2 Å². The van der Waals surface area contributed by atoms with E-state index in [1.165, 1.54) is 0 Å². The molecule has 1 heterocycles. The van der Waals surface area contributed by atoms with E-state index in [-0.39, 0.29) is 11.3 Å². The van der Waals surface area contributed by atoms with Crippen molar-refractivity contribution in [1.82, 2.24) is 0 Å². The normalized spacial score (nSPS) is 19.3. The van der Waals surface area contributed by atoms with Gasteiger partial charge in [0.1, 0.15) is 0 Å². The fourth-order valence-corrected chi connectivity index (χ4v) is 7.34. The number of benzene rings is 2. The van der Waals surface area contributed by atoms with Crippen molar-refractivity contribution in [2.24, 2.45) is 5.92 Å². The quantitative estimate of drug-likeness (QED) is 0.564. The number of nitrogens with zero attached hydrogens (tertiary/aromatic N) is 1. The Kier molecular flexibility index (Phi) is 7.18. The zero-order chi connectivity index (χ0) is 20.1. The van der Waals surface area contributed by atoms with Crippen LogP contribution in [0.3, 0.4) is 0 Å². The molecule has 28 heavy (non-hydrogen) atoms. The second-order valence-corrected chi connectivity index (χ2v) is 11.2. The molecular formula is C22H27NO2S3. The summed E-state index contributed by atoms with van der Waals surface area (Å²) in [4.78, 5) is 0.346. The van der Waals surface area contributed by atoms with E-state index < -0.39 is 10.0 Å². The Morgan fingerprint density at radius 1 is 1.00 bits per heavy atom. The Labute approximate surface area is 177 Å². The summed E-state index contributed by atoms with van der Waals surface area (Å²) in [7, 11) is -3.68. The predicted molar refractivity (Wildman–Crippen MR) is 125 cm³/mol. The van der Waals surface area contributed by atoms with Crippen molar-refractivity contribution in [3.63, 3.8) is 0 Å². The molecule has 2 atom stereocenters. The molecule has 0 amide bonds. The Hall–Kier alpha value is -1.37. The molecule has 2 aromatic carbocycles. The summed E-state index contributed by atoms with van der Waals surface area (Å²) in [6.07, 6.45) is 4.28. The second kappa shape index (κ2) is 9.42. The molecule has 2 aromatic rings. The van der Waals surface area contributed by atoms with E-state index >= 15 is 0 Å². The maximum atomic E-state index is 13.8. The van der Waals surface area contributed by atoms with Crippen LogP contribution in [-0.2, 0) is 10.0 Å². The van der Waals surface area contributed by atoms with Crippen LogP contribution in [0.4, 0.5) is 5.69 Å². The van der Waals surface area contributed by atoms with E-state index in [2.05, 4.69) is 26.0 Å². The second-order valence-electron chi connectivity index (χ2n) is 6.70. The van der Waals surface area contributed by atoms with Crippen molar-refractivity contribution in [2.75, 3.05) is 21.6 Å². The molecular weight excluding hydrogens is 406 g/mol. The molecule has 2 unspecified atom stereocenters. The predicted octanol–water partition coefficient (Wildman–Crippen LogP) is 5.67. The van der Waals surface area contributed by atoms with E-state index in [0.29, 0.717) is 4.90 Å². The van der Waals surface area contributed by atoms with Gasteiger partial charge in [-0.05, 0) is 42.2 Å². The van der Waals surface area contributed by atoms with Crippen LogP contribution >= 0.6 is 23.5 Å². The Balaban J connectivity index is 2.16. The third kappa shape index (κ3) is 4.44. The number of fused-ring (bicyclic) bond motifs is 1. The third-order valence-electron chi connectivity index (χ3n) is 4.72. The molecule has 3 nitrogen and oxygen atoms in total. The van der Waals surface area contributed by atoms with Crippen LogP contribution in [0.2, 0.25) is 0 Å². The van der Waals surface area contributed by atoms with Gasteiger partial charge in [0.2, 0.25) is 0 Å². The fraction of sp³-hybridized carbons (Fsp3) is 0.364. The molecule has 0 saturated heterocycles. The lowest BCUT2D eigenvalue weighted by atomic mass is 10.1. The molecule has 0 bridgehead atoms. The summed E-state index contributed by atoms with van der Waals surface area (Å²) in [5.74, 6) is 2.92. The third-order valence-corrected chi connectivity index (χ3v) is 8.93. The molecule has 1 aliphatic rings. The van der Waals surface area contributed by atoms with Gasteiger partial charge < -0.3 is 0 Å². The summed E-state index contributed by atoms with van der Waals surface area (Å²) in [5, 5.41) is -0.171. The van der Waals surface area contributed by atoms with E-state index in [1.807, 2.05) is 55.1 Å². The molecule has 0 saturated carbocycles. The first-order chi connectivity index (χ1) is 13.5. The number of aryl methyl sites for hydroxylation is 1. The number of thioether (sulfide) groups is 2. The highest BCUT2D eigenvalue weighted by Crippen LogP contribution is 2.40. The van der Waals surface area contributed by atoms with Crippen molar-refractivity contribution in [3.8, 4) is 0 Å². The molecule has 3 rings (SSSR count). The fourth-order valence-electron chi connectivity index (χ4n) is 3.31. The Morgan fingerprint density at radius 2 is 1.71 bits per heavy atom. The minimum absolute atomic E-state index is 0.141. The van der Waals surface area contributed by atoms with Gasteiger partial charge in [-0.1, -0.05) is 61.9 Å². The van der Waals surface area contributed by atoms with Crippen LogP contribution in [-0.4, -0.2) is 31.1 Å². The van der Waals surface area contributed by atoms with Gasteiger partial charge in [-0.25, -0.2) is 8.42 Å². The number of para-hydroxylation sites is 1. The maximum absolute atomic E-state index is 13.8. The molecule has 0 spiro atoms. The standard InChI is InChI=1S/C22H27NO2S3/c1-4-26-16-19-13-12-18-8-6-7-9-21(18)23(22(19)27-5-2)28(24,25)20-14-10-17(3)11-15-20/h6-15,19,22H,4-5,16H2,1-3H3. The van der Waals surface area contributed by atoms with Crippen LogP contribution in [0.5, 0.6) is 0 Å². The average Bonchev–Trinajstić information content (AvgIpc) is 2.84. The lowest BCUT2D eigenvalue weighted by Crippen LogP contribution is -2.43. The maximum Gasteiger partial charge on any atom is 0.265 e. The largest absolute Gasteiger partial charge is 0.265 e. The molecule has 150 valence electrons. The zero-order valence-electron chi connectivity index (χ0n) is 16.5. The van der Waals surface area contributed by atoms with Crippen LogP contribution in [0, 0.1) is 12.8 Å². The van der Waals surface area contributed by atoms with Crippen molar-refractivity contribution in [3.05, 3.63) is 65.7 Å². The molecule has 1 aliphatic heterocycles. The minimum Gasteiger partial charge on any atom is -0.252 e. The van der Waals surface area contributed by atoms with Crippen LogP contribution in [0.1, 0.15) is 25.0 Å². The van der Waals surface area contributed by atoms with Crippen molar-refractivity contribution >= 4 is 45.3 Å². The first kappa shape index (κ1) is 21.3. The van der Waals surface area contributed by atoms with Gasteiger partial charge in [-0.2, -0.15) is 11.8 Å². The van der Waals surface area contributed by atoms with Crippen molar-refractivity contribution < 1.29 is 8.42 Å². The van der Waals surface area contributed by atoms with Crippen molar-refractivity contribution in [2.45, 2.75) is 31.0 Å². The minimum atomic E-state index is -3.68. The number of sulfonamides is 1. The first-order valence-electron chi connectivity index (χ1n) is 9.56. The van der Waals surface area contributed by atoms with E-state index in [9.17, 15) is 8.42 Å². The van der Waals surface area contributed by atoms with Crippen molar-refractivity contribution in [1.29, 1.82) is 0 Å². The smallest absolute Gasteiger partial charge is 0.252 e. The lowest BCUT2D eigenvalue weighted by Gasteiger charge is -2.35. The number of hydrogen-bond acceptors (Lipinski definition) is 4. The highest BCUT2D eigenvalue weighted by molar-refractivity contribution is 8.02. The summed E-state index contributed by atoms with van der Waals surface area (Å²) < 4.78 is 29.3. The van der Waals surface area contributed by atoms with Crippen LogP contribution < -0.4 is 4.31 Å². The Morgan fingerprint density at radius 3 is 2.39 bits per heavy atom. The van der Waals surface area contributed by atoms with Gasteiger partial charge >= 0.3 is 0 Å². The van der Waals surface area contributed by atoms with Gasteiger partial charge in [0.15, 0.2) is 0 Å². The van der Waals surface area contributed by atoms with Crippen LogP contribution in [0.25, 0.3) is 6.08 Å². The van der Waals surface area contributed by atoms with Crippen LogP contribution in [0.15, 0.2) is 59.5 Å². The topological polar surface area (TPSA) is 37.4 Å². The summed E-state index contributed by atoms with van der Waals surface area (Å²) >= 11 is 3.56.